The number of nitrogens with zero attached hydrogens (tertiary/aromatic N) is 1. The Morgan fingerprint density at radius 2 is 2.00 bits per heavy atom. The third-order valence-electron chi connectivity index (χ3n) is 3.11. The van der Waals surface area contributed by atoms with Crippen LogP contribution in [-0.4, -0.2) is 37.6 Å². The summed E-state index contributed by atoms with van der Waals surface area (Å²) in [5.74, 6) is 0.542. The minimum Gasteiger partial charge on any atom is -0.491 e. The van der Waals surface area contributed by atoms with E-state index in [1.54, 1.807) is 30.1 Å². The molecule has 1 amide bonds. The molecule has 0 aliphatic heterocycles. The number of benzene rings is 1. The zero-order valence-electron chi connectivity index (χ0n) is 13.1. The fourth-order valence-electron chi connectivity index (χ4n) is 1.83. The topological polar surface area (TPSA) is 55.6 Å². The third kappa shape index (κ3) is 7.05. The van der Waals surface area contributed by atoms with Crippen molar-refractivity contribution in [2.24, 2.45) is 11.1 Å². The van der Waals surface area contributed by atoms with Gasteiger partial charge in [-0.3, -0.25) is 4.79 Å². The van der Waals surface area contributed by atoms with Crippen molar-refractivity contribution >= 4 is 41.5 Å². The van der Waals surface area contributed by atoms with Crippen LogP contribution in [0.4, 0.5) is 0 Å². The summed E-state index contributed by atoms with van der Waals surface area (Å²) in [6.07, 6.45) is 0.288. The standard InChI is InChI=1S/C15H22Cl2N2O2.ClH/c1-15(2,9-18)10-19(3)14(20)6-7-21-13-5-4-11(16)8-12(13)17;/h4-5,8H,6-7,9-10,18H2,1-3H3;1H. The number of halogens is 3. The quantitative estimate of drug-likeness (QED) is 0.798. The van der Waals surface area contributed by atoms with E-state index in [0.29, 0.717) is 28.9 Å². The van der Waals surface area contributed by atoms with Crippen molar-refractivity contribution in [3.05, 3.63) is 28.2 Å². The molecule has 7 heteroatoms. The molecular weight excluding hydrogens is 347 g/mol. The number of hydrogen-bond donors (Lipinski definition) is 1. The average Bonchev–Trinajstić information content (AvgIpc) is 2.40. The van der Waals surface area contributed by atoms with Crippen LogP contribution in [0.15, 0.2) is 18.2 Å². The highest BCUT2D eigenvalue weighted by Crippen LogP contribution is 2.27. The maximum atomic E-state index is 12.0. The van der Waals surface area contributed by atoms with Crippen LogP contribution in [0.5, 0.6) is 5.75 Å². The molecule has 1 aromatic carbocycles. The molecule has 0 fully saturated rings. The lowest BCUT2D eigenvalue weighted by Crippen LogP contribution is -2.40. The zero-order chi connectivity index (χ0) is 16.0. The van der Waals surface area contributed by atoms with Crippen molar-refractivity contribution in [1.29, 1.82) is 0 Å². The van der Waals surface area contributed by atoms with Gasteiger partial charge < -0.3 is 15.4 Å². The van der Waals surface area contributed by atoms with Gasteiger partial charge in [0.15, 0.2) is 0 Å². The lowest BCUT2D eigenvalue weighted by molar-refractivity contribution is -0.131. The maximum absolute atomic E-state index is 12.0. The monoisotopic (exact) mass is 368 g/mol. The van der Waals surface area contributed by atoms with Gasteiger partial charge in [0.25, 0.3) is 0 Å². The summed E-state index contributed by atoms with van der Waals surface area (Å²) >= 11 is 11.8. The van der Waals surface area contributed by atoms with Gasteiger partial charge >= 0.3 is 0 Å². The minimum atomic E-state index is -0.0925. The van der Waals surface area contributed by atoms with Crippen LogP contribution in [0.3, 0.4) is 0 Å². The molecule has 0 heterocycles. The molecule has 22 heavy (non-hydrogen) atoms. The second-order valence-electron chi connectivity index (χ2n) is 5.79. The Bertz CT molecular complexity index is 496. The van der Waals surface area contributed by atoms with Gasteiger partial charge in [-0.1, -0.05) is 37.0 Å². The number of ether oxygens (including phenoxy) is 1. The minimum absolute atomic E-state index is 0. The second kappa shape index (κ2) is 9.46. The fourth-order valence-corrected chi connectivity index (χ4v) is 2.29. The van der Waals surface area contributed by atoms with E-state index in [0.717, 1.165) is 0 Å². The van der Waals surface area contributed by atoms with Crippen LogP contribution in [0, 0.1) is 5.41 Å². The molecule has 0 saturated heterocycles. The van der Waals surface area contributed by atoms with E-state index >= 15 is 0 Å². The molecule has 0 unspecified atom stereocenters. The SMILES string of the molecule is CN(CC(C)(C)CN)C(=O)CCOc1ccc(Cl)cc1Cl.Cl. The van der Waals surface area contributed by atoms with Crippen LogP contribution in [0.25, 0.3) is 0 Å². The van der Waals surface area contributed by atoms with Gasteiger partial charge in [-0.05, 0) is 30.2 Å². The van der Waals surface area contributed by atoms with Gasteiger partial charge in [-0.15, -0.1) is 12.4 Å². The Balaban J connectivity index is 0.00000441. The van der Waals surface area contributed by atoms with E-state index in [2.05, 4.69) is 0 Å². The number of nitrogens with two attached hydrogens (primary N) is 1. The normalized spacial score (nSPS) is 10.8. The summed E-state index contributed by atoms with van der Waals surface area (Å²) in [7, 11) is 1.77. The Hall–Kier alpha value is -0.680. The Morgan fingerprint density at radius 1 is 1.36 bits per heavy atom. The van der Waals surface area contributed by atoms with Crippen LogP contribution < -0.4 is 10.5 Å². The lowest BCUT2D eigenvalue weighted by Gasteiger charge is -2.29. The number of rotatable bonds is 7. The van der Waals surface area contributed by atoms with Gasteiger partial charge in [-0.25, -0.2) is 0 Å². The summed E-state index contributed by atoms with van der Waals surface area (Å²) in [5, 5.41) is 0.986. The number of amides is 1. The van der Waals surface area contributed by atoms with Crippen LogP contribution in [0.1, 0.15) is 20.3 Å². The van der Waals surface area contributed by atoms with E-state index in [4.69, 9.17) is 33.7 Å². The molecule has 0 atom stereocenters. The first-order chi connectivity index (χ1) is 9.75. The van der Waals surface area contributed by atoms with E-state index in [-0.39, 0.29) is 36.8 Å². The predicted octanol–water partition coefficient (Wildman–Crippen LogP) is 3.63. The van der Waals surface area contributed by atoms with E-state index < -0.39 is 0 Å². The summed E-state index contributed by atoms with van der Waals surface area (Å²) in [5.41, 5.74) is 5.58. The molecule has 4 nitrogen and oxygen atoms in total. The highest BCUT2D eigenvalue weighted by molar-refractivity contribution is 6.35. The second-order valence-corrected chi connectivity index (χ2v) is 6.63. The summed E-state index contributed by atoms with van der Waals surface area (Å²) in [6.45, 7) is 5.47. The van der Waals surface area contributed by atoms with Crippen molar-refractivity contribution < 1.29 is 9.53 Å². The molecular formula is C15H23Cl3N2O2. The highest BCUT2D eigenvalue weighted by Gasteiger charge is 2.21. The van der Waals surface area contributed by atoms with Crippen molar-refractivity contribution in [2.75, 3.05) is 26.7 Å². The number of carbonyl (C=O) groups is 1. The average molecular weight is 370 g/mol. The van der Waals surface area contributed by atoms with E-state index in [1.165, 1.54) is 0 Å². The fraction of sp³-hybridized carbons (Fsp3) is 0.533. The molecule has 0 bridgehead atoms. The molecule has 0 spiro atoms. The van der Waals surface area contributed by atoms with Gasteiger partial charge in [0.2, 0.25) is 5.91 Å². The van der Waals surface area contributed by atoms with Crippen LogP contribution in [-0.2, 0) is 4.79 Å². The van der Waals surface area contributed by atoms with Gasteiger partial charge in [0.05, 0.1) is 18.1 Å². The molecule has 0 saturated carbocycles. The smallest absolute Gasteiger partial charge is 0.225 e. The molecule has 0 aliphatic carbocycles. The van der Waals surface area contributed by atoms with Gasteiger partial charge in [0, 0.05) is 18.6 Å². The van der Waals surface area contributed by atoms with Crippen LogP contribution in [0.2, 0.25) is 10.0 Å². The van der Waals surface area contributed by atoms with Crippen molar-refractivity contribution in [1.82, 2.24) is 4.90 Å². The van der Waals surface area contributed by atoms with Crippen LogP contribution >= 0.6 is 35.6 Å². The van der Waals surface area contributed by atoms with Gasteiger partial charge in [0.1, 0.15) is 5.75 Å². The first-order valence-electron chi connectivity index (χ1n) is 6.77. The highest BCUT2D eigenvalue weighted by atomic mass is 35.5. The zero-order valence-corrected chi connectivity index (χ0v) is 15.4. The van der Waals surface area contributed by atoms with Crippen molar-refractivity contribution in [2.45, 2.75) is 20.3 Å². The molecule has 1 rings (SSSR count). The largest absolute Gasteiger partial charge is 0.491 e. The molecule has 1 aromatic rings. The third-order valence-corrected chi connectivity index (χ3v) is 3.64. The molecule has 2 N–H and O–H groups in total. The Morgan fingerprint density at radius 3 is 2.55 bits per heavy atom. The Labute approximate surface area is 148 Å². The number of hydrogen-bond acceptors (Lipinski definition) is 3. The summed E-state index contributed by atoms with van der Waals surface area (Å²) < 4.78 is 5.51. The van der Waals surface area contributed by atoms with E-state index in [9.17, 15) is 4.79 Å². The van der Waals surface area contributed by atoms with Crippen molar-refractivity contribution in [3.8, 4) is 5.75 Å². The molecule has 0 aliphatic rings. The molecule has 0 radical (unpaired) electrons. The summed E-state index contributed by atoms with van der Waals surface area (Å²) in [6, 6.07) is 4.99. The molecule has 0 aromatic heterocycles. The predicted molar refractivity (Wildman–Crippen MR) is 94.3 cm³/mol. The lowest BCUT2D eigenvalue weighted by atomic mass is 9.93. The first-order valence-corrected chi connectivity index (χ1v) is 7.52. The first kappa shape index (κ1) is 21.3. The van der Waals surface area contributed by atoms with Crippen molar-refractivity contribution in [3.63, 3.8) is 0 Å². The molecule has 126 valence electrons. The van der Waals surface area contributed by atoms with Gasteiger partial charge in [-0.2, -0.15) is 0 Å². The maximum Gasteiger partial charge on any atom is 0.225 e. The Kier molecular flexibility index (Phi) is 9.16. The van der Waals surface area contributed by atoms with E-state index in [1.807, 2.05) is 13.8 Å². The summed E-state index contributed by atoms with van der Waals surface area (Å²) in [4.78, 5) is 13.7. The number of carbonyl (C=O) groups excluding carboxylic acids is 1.